The third kappa shape index (κ3) is 2.70. The molecule has 1 unspecified atom stereocenters. The van der Waals surface area contributed by atoms with E-state index in [1.165, 1.54) is 13.0 Å². The van der Waals surface area contributed by atoms with Gasteiger partial charge in [0.1, 0.15) is 0 Å². The molecule has 1 N–H and O–H groups in total. The highest BCUT2D eigenvalue weighted by Crippen LogP contribution is 2.21. The second-order valence-electron chi connectivity index (χ2n) is 4.86. The predicted octanol–water partition coefficient (Wildman–Crippen LogP) is 1.04. The molecule has 1 atom stereocenters. The smallest absolute Gasteiger partial charge is 0.264 e. The Bertz CT molecular complexity index is 379. The number of nitrogens with zero attached hydrogens (tertiary/aromatic N) is 2. The first-order valence-electron chi connectivity index (χ1n) is 5.94. The summed E-state index contributed by atoms with van der Waals surface area (Å²) in [5.74, 6) is 0.681. The minimum atomic E-state index is -0.126. The van der Waals surface area contributed by atoms with E-state index in [-0.39, 0.29) is 5.56 Å². The van der Waals surface area contributed by atoms with Crippen molar-refractivity contribution in [3.8, 4) is 0 Å². The second-order valence-corrected chi connectivity index (χ2v) is 4.86. The fourth-order valence-corrected chi connectivity index (χ4v) is 2.28. The molecular weight excluding hydrogens is 202 g/mol. The molecule has 1 saturated heterocycles. The van der Waals surface area contributed by atoms with Gasteiger partial charge in [-0.3, -0.25) is 4.79 Å². The first-order valence-corrected chi connectivity index (χ1v) is 5.94. The molecule has 0 bridgehead atoms. The Morgan fingerprint density at radius 2 is 2.38 bits per heavy atom. The lowest BCUT2D eigenvalue weighted by atomic mass is 10.0. The molecule has 4 heteroatoms. The lowest BCUT2D eigenvalue weighted by Gasteiger charge is -2.20. The fraction of sp³-hybridized carbons (Fsp3) is 0.667. The Morgan fingerprint density at radius 3 is 2.94 bits per heavy atom. The van der Waals surface area contributed by atoms with Gasteiger partial charge in [-0.25, -0.2) is 5.10 Å². The van der Waals surface area contributed by atoms with E-state index in [0.29, 0.717) is 12.0 Å². The van der Waals surface area contributed by atoms with Crippen LogP contribution < -0.4 is 5.56 Å². The van der Waals surface area contributed by atoms with Gasteiger partial charge in [-0.15, -0.1) is 0 Å². The summed E-state index contributed by atoms with van der Waals surface area (Å²) < 4.78 is 0. The summed E-state index contributed by atoms with van der Waals surface area (Å²) >= 11 is 0. The Morgan fingerprint density at radius 1 is 1.56 bits per heavy atom. The van der Waals surface area contributed by atoms with Crippen molar-refractivity contribution in [2.75, 3.05) is 13.1 Å². The van der Waals surface area contributed by atoms with Crippen molar-refractivity contribution in [1.29, 1.82) is 0 Å². The molecule has 1 fully saturated rings. The van der Waals surface area contributed by atoms with Crippen LogP contribution in [0.25, 0.3) is 0 Å². The average Bonchev–Trinajstić information content (AvgIpc) is 2.70. The Balaban J connectivity index is 1.92. The van der Waals surface area contributed by atoms with E-state index >= 15 is 0 Å². The normalized spacial score (nSPS) is 21.8. The van der Waals surface area contributed by atoms with Gasteiger partial charge in [0.25, 0.3) is 5.56 Å². The zero-order valence-corrected chi connectivity index (χ0v) is 9.94. The molecule has 2 rings (SSSR count). The highest BCUT2D eigenvalue weighted by molar-refractivity contribution is 5.01. The van der Waals surface area contributed by atoms with Gasteiger partial charge in [0, 0.05) is 18.7 Å². The van der Waals surface area contributed by atoms with Crippen molar-refractivity contribution in [1.82, 2.24) is 15.1 Å². The number of aromatic amines is 1. The van der Waals surface area contributed by atoms with Crippen molar-refractivity contribution < 1.29 is 0 Å². The summed E-state index contributed by atoms with van der Waals surface area (Å²) in [7, 11) is 0. The topological polar surface area (TPSA) is 49.0 Å². The maximum Gasteiger partial charge on any atom is 0.264 e. The summed E-state index contributed by atoms with van der Waals surface area (Å²) in [6.07, 6.45) is 2.21. The lowest BCUT2D eigenvalue weighted by Crippen LogP contribution is -2.28. The predicted molar refractivity (Wildman–Crippen MR) is 63.4 cm³/mol. The van der Waals surface area contributed by atoms with Gasteiger partial charge in [-0.2, -0.15) is 5.10 Å². The van der Waals surface area contributed by atoms with Crippen LogP contribution in [0.3, 0.4) is 0 Å². The van der Waals surface area contributed by atoms with Gasteiger partial charge in [-0.1, -0.05) is 0 Å². The van der Waals surface area contributed by atoms with Crippen LogP contribution in [0.15, 0.2) is 16.9 Å². The molecule has 0 aliphatic carbocycles. The van der Waals surface area contributed by atoms with E-state index in [4.69, 9.17) is 0 Å². The molecule has 4 nitrogen and oxygen atoms in total. The molecule has 0 aromatic carbocycles. The van der Waals surface area contributed by atoms with Crippen LogP contribution in [-0.2, 0) is 6.42 Å². The minimum absolute atomic E-state index is 0.126. The molecule has 2 heterocycles. The number of aromatic nitrogens is 2. The Labute approximate surface area is 95.7 Å². The average molecular weight is 221 g/mol. The first-order chi connectivity index (χ1) is 7.65. The van der Waals surface area contributed by atoms with Gasteiger partial charge < -0.3 is 4.90 Å². The van der Waals surface area contributed by atoms with Crippen LogP contribution in [0, 0.1) is 5.92 Å². The molecule has 1 aromatic heterocycles. The van der Waals surface area contributed by atoms with Crippen LogP contribution in [0.5, 0.6) is 0 Å². The second kappa shape index (κ2) is 4.78. The molecule has 0 saturated carbocycles. The van der Waals surface area contributed by atoms with Crippen LogP contribution in [0.2, 0.25) is 0 Å². The molecule has 0 radical (unpaired) electrons. The molecule has 1 aliphatic rings. The molecule has 0 amide bonds. The standard InChI is InChI=1S/C12H19N3O/c1-9(2)15-6-5-10(8-15)7-11-3-4-12(16)14-13-11/h3-4,9-10H,5-8H2,1-2H3,(H,14,16). The summed E-state index contributed by atoms with van der Waals surface area (Å²) in [5, 5.41) is 6.54. The Hall–Kier alpha value is -1.16. The van der Waals surface area contributed by atoms with Crippen molar-refractivity contribution in [2.45, 2.75) is 32.7 Å². The maximum absolute atomic E-state index is 10.9. The van der Waals surface area contributed by atoms with Crippen LogP contribution in [-0.4, -0.2) is 34.2 Å². The molecule has 16 heavy (non-hydrogen) atoms. The fourth-order valence-electron chi connectivity index (χ4n) is 2.28. The van der Waals surface area contributed by atoms with Crippen LogP contribution >= 0.6 is 0 Å². The number of rotatable bonds is 3. The van der Waals surface area contributed by atoms with Crippen molar-refractivity contribution in [2.24, 2.45) is 5.92 Å². The summed E-state index contributed by atoms with van der Waals surface area (Å²) in [6.45, 7) is 6.81. The zero-order chi connectivity index (χ0) is 11.5. The quantitative estimate of drug-likeness (QED) is 0.829. The summed E-state index contributed by atoms with van der Waals surface area (Å²) in [4.78, 5) is 13.4. The van der Waals surface area contributed by atoms with E-state index in [2.05, 4.69) is 28.9 Å². The van der Waals surface area contributed by atoms with Gasteiger partial charge in [0.05, 0.1) is 5.69 Å². The summed E-state index contributed by atoms with van der Waals surface area (Å²) in [6, 6.07) is 4.02. The van der Waals surface area contributed by atoms with Gasteiger partial charge in [-0.05, 0) is 45.2 Å². The minimum Gasteiger partial charge on any atom is -0.301 e. The third-order valence-electron chi connectivity index (χ3n) is 3.28. The number of likely N-dealkylation sites (tertiary alicyclic amines) is 1. The van der Waals surface area contributed by atoms with Gasteiger partial charge >= 0.3 is 0 Å². The lowest BCUT2D eigenvalue weighted by molar-refractivity contribution is 0.264. The van der Waals surface area contributed by atoms with Crippen molar-refractivity contribution in [3.63, 3.8) is 0 Å². The van der Waals surface area contributed by atoms with E-state index in [1.807, 2.05) is 6.07 Å². The highest BCUT2D eigenvalue weighted by Gasteiger charge is 2.24. The third-order valence-corrected chi connectivity index (χ3v) is 3.28. The van der Waals surface area contributed by atoms with Gasteiger partial charge in [0.2, 0.25) is 0 Å². The zero-order valence-electron chi connectivity index (χ0n) is 9.94. The van der Waals surface area contributed by atoms with E-state index < -0.39 is 0 Å². The number of nitrogens with one attached hydrogen (secondary N) is 1. The molecule has 1 aromatic rings. The van der Waals surface area contributed by atoms with Crippen molar-refractivity contribution >= 4 is 0 Å². The van der Waals surface area contributed by atoms with E-state index in [9.17, 15) is 4.79 Å². The maximum atomic E-state index is 10.9. The molecule has 0 spiro atoms. The SMILES string of the molecule is CC(C)N1CCC(Cc2ccc(=O)[nH]n2)C1. The largest absolute Gasteiger partial charge is 0.301 e. The number of hydrogen-bond donors (Lipinski definition) is 1. The van der Waals surface area contributed by atoms with E-state index in [0.717, 1.165) is 18.7 Å². The Kier molecular flexibility index (Phi) is 3.39. The van der Waals surface area contributed by atoms with Crippen LogP contribution in [0.4, 0.5) is 0 Å². The van der Waals surface area contributed by atoms with Gasteiger partial charge in [0.15, 0.2) is 0 Å². The molecule has 1 aliphatic heterocycles. The summed E-state index contributed by atoms with van der Waals surface area (Å²) in [5.41, 5.74) is 0.870. The highest BCUT2D eigenvalue weighted by atomic mass is 16.1. The molecular formula is C12H19N3O. The van der Waals surface area contributed by atoms with Crippen LogP contribution in [0.1, 0.15) is 26.0 Å². The first kappa shape index (κ1) is 11.3. The van der Waals surface area contributed by atoms with Crippen molar-refractivity contribution in [3.05, 3.63) is 28.2 Å². The number of hydrogen-bond acceptors (Lipinski definition) is 3. The van der Waals surface area contributed by atoms with E-state index in [1.54, 1.807) is 6.07 Å². The monoisotopic (exact) mass is 221 g/mol. The molecule has 88 valence electrons. The number of H-pyrrole nitrogens is 1.